The van der Waals surface area contributed by atoms with Crippen LogP contribution >= 0.6 is 0 Å². The van der Waals surface area contributed by atoms with E-state index >= 15 is 0 Å². The second-order valence-corrected chi connectivity index (χ2v) is 5.14. The smallest absolute Gasteiger partial charge is 0.239 e. The van der Waals surface area contributed by atoms with Gasteiger partial charge in [-0.2, -0.15) is 0 Å². The highest BCUT2D eigenvalue weighted by Crippen LogP contribution is 2.18. The lowest BCUT2D eigenvalue weighted by atomic mass is 10.0. The Kier molecular flexibility index (Phi) is 4.93. The monoisotopic (exact) mass is 262 g/mol. The van der Waals surface area contributed by atoms with Crippen molar-refractivity contribution in [2.45, 2.75) is 37.8 Å². The molecule has 1 heterocycles. The molecule has 0 aliphatic carbocycles. The molecular formula is C15H22N2O2. The van der Waals surface area contributed by atoms with Crippen LogP contribution in [-0.2, 0) is 11.2 Å². The lowest BCUT2D eigenvalue weighted by molar-refractivity contribution is -0.134. The fourth-order valence-corrected chi connectivity index (χ4v) is 2.62. The third-order valence-corrected chi connectivity index (χ3v) is 3.78. The third kappa shape index (κ3) is 3.55. The van der Waals surface area contributed by atoms with Crippen LogP contribution in [0.5, 0.6) is 0 Å². The molecule has 0 aromatic heterocycles. The summed E-state index contributed by atoms with van der Waals surface area (Å²) in [6, 6.07) is 9.55. The molecule has 2 atom stereocenters. The van der Waals surface area contributed by atoms with Gasteiger partial charge in [-0.3, -0.25) is 4.79 Å². The molecule has 0 radical (unpaired) electrons. The number of amides is 1. The number of aryl methyl sites for hydroxylation is 1. The molecule has 1 amide bonds. The number of hydrogen-bond acceptors (Lipinski definition) is 3. The van der Waals surface area contributed by atoms with Gasteiger partial charge in [-0.1, -0.05) is 30.3 Å². The summed E-state index contributed by atoms with van der Waals surface area (Å²) in [5.41, 5.74) is 7.19. The lowest BCUT2D eigenvalue weighted by Gasteiger charge is -2.26. The van der Waals surface area contributed by atoms with Gasteiger partial charge in [0, 0.05) is 6.54 Å². The van der Waals surface area contributed by atoms with E-state index in [1.54, 1.807) is 4.90 Å². The van der Waals surface area contributed by atoms with Gasteiger partial charge in [-0.25, -0.2) is 0 Å². The van der Waals surface area contributed by atoms with Gasteiger partial charge in [0.1, 0.15) is 0 Å². The quantitative estimate of drug-likeness (QED) is 0.829. The van der Waals surface area contributed by atoms with Crippen LogP contribution in [0.1, 0.15) is 24.8 Å². The summed E-state index contributed by atoms with van der Waals surface area (Å²) in [4.78, 5) is 14.0. The number of likely N-dealkylation sites (tertiary alicyclic amines) is 1. The highest BCUT2D eigenvalue weighted by molar-refractivity contribution is 5.82. The summed E-state index contributed by atoms with van der Waals surface area (Å²) >= 11 is 0. The van der Waals surface area contributed by atoms with Crippen molar-refractivity contribution < 1.29 is 9.90 Å². The first kappa shape index (κ1) is 14.0. The van der Waals surface area contributed by atoms with Crippen LogP contribution in [0, 0.1) is 0 Å². The van der Waals surface area contributed by atoms with Crippen molar-refractivity contribution >= 4 is 5.91 Å². The zero-order valence-corrected chi connectivity index (χ0v) is 11.2. The second-order valence-electron chi connectivity index (χ2n) is 5.14. The van der Waals surface area contributed by atoms with Gasteiger partial charge in [0.15, 0.2) is 0 Å². The van der Waals surface area contributed by atoms with Gasteiger partial charge in [-0.15, -0.1) is 0 Å². The SMILES string of the molecule is N[C@@H](CCc1ccccc1)C(=O)N1CCCC1CO. The number of aliphatic hydroxyl groups is 1. The predicted octanol–water partition coefficient (Wildman–Crippen LogP) is 0.930. The zero-order chi connectivity index (χ0) is 13.7. The van der Waals surface area contributed by atoms with Crippen molar-refractivity contribution in [1.29, 1.82) is 0 Å². The number of aliphatic hydroxyl groups excluding tert-OH is 1. The first-order valence-electron chi connectivity index (χ1n) is 6.93. The van der Waals surface area contributed by atoms with Gasteiger partial charge >= 0.3 is 0 Å². The molecular weight excluding hydrogens is 240 g/mol. The standard InChI is InChI=1S/C15H22N2O2/c16-14(9-8-12-5-2-1-3-6-12)15(19)17-10-4-7-13(17)11-18/h1-3,5-6,13-14,18H,4,7-11,16H2/t13?,14-/m0/s1. The average molecular weight is 262 g/mol. The molecule has 1 aromatic rings. The number of carbonyl (C=O) groups excluding carboxylic acids is 1. The van der Waals surface area contributed by atoms with E-state index in [2.05, 4.69) is 0 Å². The van der Waals surface area contributed by atoms with Gasteiger partial charge in [0.2, 0.25) is 5.91 Å². The Hall–Kier alpha value is -1.39. The fraction of sp³-hybridized carbons (Fsp3) is 0.533. The maximum Gasteiger partial charge on any atom is 0.239 e. The molecule has 1 aromatic carbocycles. The molecule has 4 heteroatoms. The van der Waals surface area contributed by atoms with Gasteiger partial charge < -0.3 is 15.7 Å². The average Bonchev–Trinajstić information content (AvgIpc) is 2.93. The Balaban J connectivity index is 1.85. The van der Waals surface area contributed by atoms with Crippen LogP contribution in [0.15, 0.2) is 30.3 Å². The van der Waals surface area contributed by atoms with E-state index in [9.17, 15) is 9.90 Å². The van der Waals surface area contributed by atoms with E-state index in [1.807, 2.05) is 30.3 Å². The number of rotatable bonds is 5. The van der Waals surface area contributed by atoms with E-state index in [-0.39, 0.29) is 18.6 Å². The Morgan fingerprint density at radius 1 is 1.42 bits per heavy atom. The van der Waals surface area contributed by atoms with Crippen molar-refractivity contribution in [3.8, 4) is 0 Å². The summed E-state index contributed by atoms with van der Waals surface area (Å²) in [6.45, 7) is 0.764. The first-order valence-corrected chi connectivity index (χ1v) is 6.93. The van der Waals surface area contributed by atoms with Crippen LogP contribution in [0.25, 0.3) is 0 Å². The minimum absolute atomic E-state index is 0.0209. The zero-order valence-electron chi connectivity index (χ0n) is 11.2. The number of benzene rings is 1. The van der Waals surface area contributed by atoms with E-state index in [1.165, 1.54) is 5.56 Å². The van der Waals surface area contributed by atoms with Crippen molar-refractivity contribution in [3.63, 3.8) is 0 Å². The van der Waals surface area contributed by atoms with Crippen LogP contribution in [0.2, 0.25) is 0 Å². The maximum absolute atomic E-state index is 12.2. The second kappa shape index (κ2) is 6.68. The maximum atomic E-state index is 12.2. The van der Waals surface area contributed by atoms with Crippen molar-refractivity contribution in [2.75, 3.05) is 13.2 Å². The molecule has 2 rings (SSSR count). The number of nitrogens with two attached hydrogens (primary N) is 1. The molecule has 0 bridgehead atoms. The van der Waals surface area contributed by atoms with Gasteiger partial charge in [0.05, 0.1) is 18.7 Å². The van der Waals surface area contributed by atoms with Crippen molar-refractivity contribution in [2.24, 2.45) is 5.73 Å². The normalized spacial score (nSPS) is 20.5. The Morgan fingerprint density at radius 2 is 2.16 bits per heavy atom. The topological polar surface area (TPSA) is 66.6 Å². The highest BCUT2D eigenvalue weighted by atomic mass is 16.3. The molecule has 0 saturated carbocycles. The van der Waals surface area contributed by atoms with E-state index < -0.39 is 6.04 Å². The summed E-state index contributed by atoms with van der Waals surface area (Å²) in [5, 5.41) is 9.24. The number of carbonyl (C=O) groups is 1. The summed E-state index contributed by atoms with van der Waals surface area (Å²) in [5.74, 6) is -0.0209. The van der Waals surface area contributed by atoms with Crippen LogP contribution in [0.3, 0.4) is 0 Å². The van der Waals surface area contributed by atoms with Crippen molar-refractivity contribution in [1.82, 2.24) is 4.90 Å². The molecule has 1 aliphatic heterocycles. The number of nitrogens with zero attached hydrogens (tertiary/aromatic N) is 1. The van der Waals surface area contributed by atoms with E-state index in [0.29, 0.717) is 6.42 Å². The molecule has 3 N–H and O–H groups in total. The lowest BCUT2D eigenvalue weighted by Crippen LogP contribution is -2.47. The van der Waals surface area contributed by atoms with Crippen LogP contribution in [-0.4, -0.2) is 41.1 Å². The van der Waals surface area contributed by atoms with Crippen molar-refractivity contribution in [3.05, 3.63) is 35.9 Å². The highest BCUT2D eigenvalue weighted by Gasteiger charge is 2.30. The predicted molar refractivity (Wildman–Crippen MR) is 74.6 cm³/mol. The minimum Gasteiger partial charge on any atom is -0.394 e. The van der Waals surface area contributed by atoms with Crippen LogP contribution in [0.4, 0.5) is 0 Å². The number of hydrogen-bond donors (Lipinski definition) is 2. The molecule has 1 fully saturated rings. The largest absolute Gasteiger partial charge is 0.394 e. The van der Waals surface area contributed by atoms with E-state index in [4.69, 9.17) is 5.73 Å². The molecule has 19 heavy (non-hydrogen) atoms. The Bertz CT molecular complexity index is 408. The minimum atomic E-state index is -0.465. The third-order valence-electron chi connectivity index (χ3n) is 3.78. The molecule has 4 nitrogen and oxygen atoms in total. The molecule has 104 valence electrons. The fourth-order valence-electron chi connectivity index (χ4n) is 2.62. The molecule has 1 saturated heterocycles. The Labute approximate surface area is 114 Å². The van der Waals surface area contributed by atoms with Gasteiger partial charge in [-0.05, 0) is 31.2 Å². The molecule has 0 spiro atoms. The van der Waals surface area contributed by atoms with E-state index in [0.717, 1.165) is 25.8 Å². The summed E-state index contributed by atoms with van der Waals surface area (Å²) in [6.07, 6.45) is 3.30. The summed E-state index contributed by atoms with van der Waals surface area (Å²) < 4.78 is 0. The molecule has 1 aliphatic rings. The summed E-state index contributed by atoms with van der Waals surface area (Å²) in [7, 11) is 0. The Morgan fingerprint density at radius 3 is 2.84 bits per heavy atom. The van der Waals surface area contributed by atoms with Gasteiger partial charge in [0.25, 0.3) is 0 Å². The molecule has 1 unspecified atom stereocenters. The van der Waals surface area contributed by atoms with Crippen LogP contribution < -0.4 is 5.73 Å². The first-order chi connectivity index (χ1) is 9.22.